The van der Waals surface area contributed by atoms with Crippen LogP contribution in [-0.2, 0) is 14.3 Å². The van der Waals surface area contributed by atoms with Crippen LogP contribution in [0.15, 0.2) is 12.2 Å². The van der Waals surface area contributed by atoms with Crippen molar-refractivity contribution in [3.05, 3.63) is 12.2 Å². The zero-order valence-electron chi connectivity index (χ0n) is 8.58. The Bertz CT molecular complexity index is 245. The Morgan fingerprint density at radius 2 is 2.29 bits per heavy atom. The SMILES string of the molecule is C=C(CCC1COC(C)(C)O1)C(=O)O. The molecule has 0 aliphatic carbocycles. The van der Waals surface area contributed by atoms with Gasteiger partial charge in [0.05, 0.1) is 12.7 Å². The molecule has 0 bridgehead atoms. The second kappa shape index (κ2) is 4.11. The fourth-order valence-electron chi connectivity index (χ4n) is 1.35. The quantitative estimate of drug-likeness (QED) is 0.700. The molecule has 1 aliphatic heterocycles. The van der Waals surface area contributed by atoms with Crippen molar-refractivity contribution in [3.8, 4) is 0 Å². The van der Waals surface area contributed by atoms with Crippen molar-refractivity contribution >= 4 is 5.97 Å². The molecule has 4 heteroatoms. The number of carboxylic acids is 1. The van der Waals surface area contributed by atoms with Crippen molar-refractivity contribution in [1.82, 2.24) is 0 Å². The minimum absolute atomic E-state index is 0.0129. The molecule has 0 aromatic carbocycles. The average Bonchev–Trinajstić information content (AvgIpc) is 2.41. The van der Waals surface area contributed by atoms with Crippen LogP contribution >= 0.6 is 0 Å². The maximum atomic E-state index is 10.5. The third kappa shape index (κ3) is 3.12. The molecule has 1 N–H and O–H groups in total. The van der Waals surface area contributed by atoms with Gasteiger partial charge in [-0.05, 0) is 26.7 Å². The predicted molar refractivity (Wildman–Crippen MR) is 50.9 cm³/mol. The number of ether oxygens (including phenoxy) is 2. The minimum atomic E-state index is -0.942. The van der Waals surface area contributed by atoms with Gasteiger partial charge in [0, 0.05) is 5.57 Å². The number of hydrogen-bond donors (Lipinski definition) is 1. The molecule has 1 aliphatic rings. The number of hydrogen-bond acceptors (Lipinski definition) is 3. The first-order valence-corrected chi connectivity index (χ1v) is 4.63. The van der Waals surface area contributed by atoms with Gasteiger partial charge in [-0.3, -0.25) is 0 Å². The Morgan fingerprint density at radius 3 is 2.71 bits per heavy atom. The van der Waals surface area contributed by atoms with E-state index in [0.29, 0.717) is 19.4 Å². The second-order valence-electron chi connectivity index (χ2n) is 3.90. The van der Waals surface area contributed by atoms with E-state index in [1.54, 1.807) is 0 Å². The molecular weight excluding hydrogens is 184 g/mol. The Labute approximate surface area is 83.5 Å². The Kier molecular flexibility index (Phi) is 3.29. The first-order valence-electron chi connectivity index (χ1n) is 4.63. The monoisotopic (exact) mass is 200 g/mol. The van der Waals surface area contributed by atoms with Crippen LogP contribution in [0, 0.1) is 0 Å². The third-order valence-electron chi connectivity index (χ3n) is 2.14. The summed E-state index contributed by atoms with van der Waals surface area (Å²) in [5.41, 5.74) is 0.221. The zero-order chi connectivity index (χ0) is 10.8. The highest BCUT2D eigenvalue weighted by atomic mass is 16.7. The van der Waals surface area contributed by atoms with Crippen molar-refractivity contribution < 1.29 is 19.4 Å². The van der Waals surface area contributed by atoms with Crippen LogP contribution in [0.4, 0.5) is 0 Å². The van der Waals surface area contributed by atoms with E-state index in [2.05, 4.69) is 6.58 Å². The van der Waals surface area contributed by atoms with E-state index in [0.717, 1.165) is 0 Å². The van der Waals surface area contributed by atoms with Gasteiger partial charge in [-0.15, -0.1) is 0 Å². The van der Waals surface area contributed by atoms with Crippen LogP contribution in [0.25, 0.3) is 0 Å². The largest absolute Gasteiger partial charge is 0.478 e. The van der Waals surface area contributed by atoms with Crippen LogP contribution in [0.5, 0.6) is 0 Å². The summed E-state index contributed by atoms with van der Waals surface area (Å²) in [7, 11) is 0. The number of carbonyl (C=O) groups is 1. The molecule has 1 fully saturated rings. The van der Waals surface area contributed by atoms with E-state index in [4.69, 9.17) is 14.6 Å². The fourth-order valence-corrected chi connectivity index (χ4v) is 1.35. The van der Waals surface area contributed by atoms with Gasteiger partial charge < -0.3 is 14.6 Å². The summed E-state index contributed by atoms with van der Waals surface area (Å²) < 4.78 is 10.9. The van der Waals surface area contributed by atoms with E-state index in [-0.39, 0.29) is 11.7 Å². The molecule has 0 saturated carbocycles. The third-order valence-corrected chi connectivity index (χ3v) is 2.14. The van der Waals surface area contributed by atoms with E-state index >= 15 is 0 Å². The highest BCUT2D eigenvalue weighted by Crippen LogP contribution is 2.25. The molecule has 0 aromatic heterocycles. The molecule has 1 heterocycles. The van der Waals surface area contributed by atoms with Crippen LogP contribution in [0.1, 0.15) is 26.7 Å². The Balaban J connectivity index is 2.27. The Morgan fingerprint density at radius 1 is 1.64 bits per heavy atom. The minimum Gasteiger partial charge on any atom is -0.478 e. The first-order chi connectivity index (χ1) is 6.41. The summed E-state index contributed by atoms with van der Waals surface area (Å²) in [5, 5.41) is 8.59. The zero-order valence-corrected chi connectivity index (χ0v) is 8.58. The van der Waals surface area contributed by atoms with E-state index in [1.165, 1.54) is 0 Å². The lowest BCUT2D eigenvalue weighted by Gasteiger charge is -2.16. The molecule has 0 aromatic rings. The molecule has 4 nitrogen and oxygen atoms in total. The number of rotatable bonds is 4. The normalized spacial score (nSPS) is 24.9. The summed E-state index contributed by atoms with van der Waals surface area (Å²) in [6.07, 6.45) is 1.08. The van der Waals surface area contributed by atoms with Gasteiger partial charge >= 0.3 is 5.97 Å². The van der Waals surface area contributed by atoms with Crippen molar-refractivity contribution in [2.45, 2.75) is 38.6 Å². The van der Waals surface area contributed by atoms with Crippen LogP contribution in [0.3, 0.4) is 0 Å². The second-order valence-corrected chi connectivity index (χ2v) is 3.90. The summed E-state index contributed by atoms with van der Waals surface area (Å²) in [4.78, 5) is 10.5. The first kappa shape index (κ1) is 11.2. The van der Waals surface area contributed by atoms with E-state index < -0.39 is 11.8 Å². The highest BCUT2D eigenvalue weighted by molar-refractivity contribution is 5.85. The average molecular weight is 200 g/mol. The van der Waals surface area contributed by atoms with Gasteiger partial charge in [0.1, 0.15) is 0 Å². The van der Waals surface area contributed by atoms with Gasteiger partial charge in [-0.2, -0.15) is 0 Å². The molecule has 1 atom stereocenters. The number of carboxylic acid groups (broad SMARTS) is 1. The predicted octanol–water partition coefficient (Wildman–Crippen LogP) is 1.56. The van der Waals surface area contributed by atoms with Crippen LogP contribution in [0.2, 0.25) is 0 Å². The summed E-state index contributed by atoms with van der Waals surface area (Å²) in [6, 6.07) is 0. The molecule has 1 saturated heterocycles. The van der Waals surface area contributed by atoms with Gasteiger partial charge in [-0.25, -0.2) is 4.79 Å². The maximum absolute atomic E-state index is 10.5. The molecular formula is C10H16O4. The molecule has 1 unspecified atom stereocenters. The molecule has 0 spiro atoms. The summed E-state index contributed by atoms with van der Waals surface area (Å²) in [6.45, 7) is 7.68. The molecule has 0 amide bonds. The molecule has 80 valence electrons. The van der Waals surface area contributed by atoms with Gasteiger partial charge in [-0.1, -0.05) is 6.58 Å². The lowest BCUT2D eigenvalue weighted by atomic mass is 10.1. The molecule has 0 radical (unpaired) electrons. The van der Waals surface area contributed by atoms with E-state index in [1.807, 2.05) is 13.8 Å². The topological polar surface area (TPSA) is 55.8 Å². The lowest BCUT2D eigenvalue weighted by Crippen LogP contribution is -2.21. The van der Waals surface area contributed by atoms with Crippen LogP contribution < -0.4 is 0 Å². The van der Waals surface area contributed by atoms with Crippen molar-refractivity contribution in [1.29, 1.82) is 0 Å². The van der Waals surface area contributed by atoms with Crippen molar-refractivity contribution in [2.24, 2.45) is 0 Å². The fraction of sp³-hybridized carbons (Fsp3) is 0.700. The summed E-state index contributed by atoms with van der Waals surface area (Å²) in [5.74, 6) is -1.47. The number of aliphatic carboxylic acids is 1. The molecule has 1 rings (SSSR count). The highest BCUT2D eigenvalue weighted by Gasteiger charge is 2.32. The van der Waals surface area contributed by atoms with Gasteiger partial charge in [0.2, 0.25) is 0 Å². The lowest BCUT2D eigenvalue weighted by molar-refractivity contribution is -0.139. The van der Waals surface area contributed by atoms with Crippen molar-refractivity contribution in [3.63, 3.8) is 0 Å². The van der Waals surface area contributed by atoms with E-state index in [9.17, 15) is 4.79 Å². The summed E-state index contributed by atoms with van der Waals surface area (Å²) >= 11 is 0. The maximum Gasteiger partial charge on any atom is 0.330 e. The standard InChI is InChI=1S/C10H16O4/c1-7(9(11)12)4-5-8-6-13-10(2,3)14-8/h8H,1,4-6H2,2-3H3,(H,11,12). The smallest absolute Gasteiger partial charge is 0.330 e. The van der Waals surface area contributed by atoms with Crippen LogP contribution in [-0.4, -0.2) is 29.6 Å². The van der Waals surface area contributed by atoms with Gasteiger partial charge in [0.25, 0.3) is 0 Å². The van der Waals surface area contributed by atoms with Crippen molar-refractivity contribution in [2.75, 3.05) is 6.61 Å². The molecule has 14 heavy (non-hydrogen) atoms. The Hall–Kier alpha value is -0.870. The van der Waals surface area contributed by atoms with Gasteiger partial charge in [0.15, 0.2) is 5.79 Å².